The Labute approximate surface area is 180 Å². The van der Waals surface area contributed by atoms with Gasteiger partial charge in [-0.05, 0) is 29.1 Å². The maximum Gasteiger partial charge on any atom is 0.265 e. The van der Waals surface area contributed by atoms with Crippen LogP contribution < -0.4 is 9.64 Å². The molecular formula is C26H21NO2S. The second-order valence-corrected chi connectivity index (χ2v) is 8.30. The number of anilines is 1. The average molecular weight is 412 g/mol. The largest absolute Gasteiger partial charge is 0.483 e. The van der Waals surface area contributed by atoms with Crippen LogP contribution in [0.2, 0.25) is 0 Å². The van der Waals surface area contributed by atoms with Gasteiger partial charge in [0.05, 0.1) is 11.7 Å². The van der Waals surface area contributed by atoms with Gasteiger partial charge in [0.2, 0.25) is 0 Å². The van der Waals surface area contributed by atoms with Crippen molar-refractivity contribution >= 4 is 34.1 Å². The van der Waals surface area contributed by atoms with Crippen LogP contribution in [-0.4, -0.2) is 18.3 Å². The van der Waals surface area contributed by atoms with Gasteiger partial charge in [-0.1, -0.05) is 78.9 Å². The van der Waals surface area contributed by atoms with Gasteiger partial charge >= 0.3 is 0 Å². The summed E-state index contributed by atoms with van der Waals surface area (Å²) in [6.07, 6.45) is 0. The van der Waals surface area contributed by atoms with Crippen molar-refractivity contribution in [3.05, 3.63) is 103 Å². The van der Waals surface area contributed by atoms with Crippen LogP contribution in [0, 0.1) is 0 Å². The average Bonchev–Trinajstić information content (AvgIpc) is 2.82. The number of thioether (sulfide) groups is 1. The highest BCUT2D eigenvalue weighted by molar-refractivity contribution is 7.99. The normalized spacial score (nSPS) is 15.6. The van der Waals surface area contributed by atoms with Crippen LogP contribution in [0.5, 0.6) is 5.75 Å². The van der Waals surface area contributed by atoms with E-state index < -0.39 is 0 Å². The molecule has 0 bridgehead atoms. The van der Waals surface area contributed by atoms with Crippen molar-refractivity contribution < 1.29 is 9.53 Å². The Morgan fingerprint density at radius 2 is 1.60 bits per heavy atom. The van der Waals surface area contributed by atoms with Crippen LogP contribution in [0.1, 0.15) is 11.6 Å². The zero-order valence-corrected chi connectivity index (χ0v) is 17.2. The first-order chi connectivity index (χ1) is 14.8. The van der Waals surface area contributed by atoms with Crippen molar-refractivity contribution in [2.75, 3.05) is 17.3 Å². The maximum absolute atomic E-state index is 13.4. The molecule has 1 amide bonds. The molecule has 30 heavy (non-hydrogen) atoms. The summed E-state index contributed by atoms with van der Waals surface area (Å²) < 4.78 is 6.04. The number of benzene rings is 4. The fraction of sp³-hybridized carbons (Fsp3) is 0.115. The smallest absolute Gasteiger partial charge is 0.265 e. The molecule has 0 radical (unpaired) electrons. The van der Waals surface area contributed by atoms with Gasteiger partial charge < -0.3 is 4.74 Å². The van der Waals surface area contributed by atoms with Gasteiger partial charge in [-0.15, -0.1) is 11.8 Å². The highest BCUT2D eigenvalue weighted by atomic mass is 32.2. The lowest BCUT2D eigenvalue weighted by Gasteiger charge is -2.37. The van der Waals surface area contributed by atoms with E-state index in [2.05, 4.69) is 18.2 Å². The lowest BCUT2D eigenvalue weighted by atomic mass is 10.1. The van der Waals surface area contributed by atoms with E-state index in [0.717, 1.165) is 38.4 Å². The Bertz CT molecular complexity index is 1190. The fourth-order valence-corrected chi connectivity index (χ4v) is 5.12. The van der Waals surface area contributed by atoms with Gasteiger partial charge in [-0.3, -0.25) is 9.69 Å². The van der Waals surface area contributed by atoms with Gasteiger partial charge in [-0.25, -0.2) is 0 Å². The minimum absolute atomic E-state index is 0.00363. The second kappa shape index (κ2) is 8.25. The van der Waals surface area contributed by atoms with E-state index in [-0.39, 0.29) is 18.6 Å². The number of fused-ring (bicyclic) bond motifs is 2. The predicted octanol–water partition coefficient (Wildman–Crippen LogP) is 6.10. The first kappa shape index (κ1) is 18.8. The molecule has 148 valence electrons. The standard InChI is InChI=1S/C26H21NO2S/c28-26(17-29-24-15-8-12-19-9-4-5-13-21(19)24)27-22-14-6-7-16-25(22)30-18-23(27)20-10-2-1-3-11-20/h1-16,23H,17-18H2/t23-/m0/s1. The van der Waals surface area contributed by atoms with E-state index in [1.54, 1.807) is 11.8 Å². The van der Waals surface area contributed by atoms with Crippen LogP contribution in [0.25, 0.3) is 10.8 Å². The first-order valence-electron chi connectivity index (χ1n) is 10.0. The first-order valence-corrected chi connectivity index (χ1v) is 11.0. The molecule has 1 atom stereocenters. The number of hydrogen-bond donors (Lipinski definition) is 0. The lowest BCUT2D eigenvalue weighted by molar-refractivity contribution is -0.121. The van der Waals surface area contributed by atoms with Gasteiger partial charge in [0.1, 0.15) is 5.75 Å². The van der Waals surface area contributed by atoms with Gasteiger partial charge in [0.25, 0.3) is 5.91 Å². The molecule has 5 rings (SSSR count). The van der Waals surface area contributed by atoms with E-state index in [1.165, 1.54) is 0 Å². The molecule has 0 saturated carbocycles. The SMILES string of the molecule is O=C(COc1cccc2ccccc12)N1c2ccccc2SC[C@H]1c1ccccc1. The topological polar surface area (TPSA) is 29.5 Å². The van der Waals surface area contributed by atoms with Crippen molar-refractivity contribution in [3.63, 3.8) is 0 Å². The van der Waals surface area contributed by atoms with E-state index in [1.807, 2.05) is 83.8 Å². The van der Waals surface area contributed by atoms with E-state index in [0.29, 0.717) is 0 Å². The highest BCUT2D eigenvalue weighted by Crippen LogP contribution is 2.43. The van der Waals surface area contributed by atoms with Crippen LogP contribution >= 0.6 is 11.8 Å². The molecule has 1 heterocycles. The summed E-state index contributed by atoms with van der Waals surface area (Å²) in [5, 5.41) is 2.12. The molecule has 1 aliphatic heterocycles. The van der Waals surface area contributed by atoms with E-state index >= 15 is 0 Å². The molecule has 0 aliphatic carbocycles. The summed E-state index contributed by atoms with van der Waals surface area (Å²) >= 11 is 1.79. The van der Waals surface area contributed by atoms with Gasteiger partial charge in [-0.2, -0.15) is 0 Å². The van der Waals surface area contributed by atoms with Gasteiger partial charge in [0.15, 0.2) is 6.61 Å². The summed E-state index contributed by atoms with van der Waals surface area (Å²) in [5.74, 6) is 1.52. The van der Waals surface area contributed by atoms with Crippen molar-refractivity contribution in [1.29, 1.82) is 0 Å². The van der Waals surface area contributed by atoms with Crippen molar-refractivity contribution in [2.24, 2.45) is 0 Å². The van der Waals surface area contributed by atoms with Crippen LogP contribution in [0.4, 0.5) is 5.69 Å². The second-order valence-electron chi connectivity index (χ2n) is 7.23. The summed E-state index contributed by atoms with van der Waals surface area (Å²) in [5.41, 5.74) is 2.09. The molecule has 3 nitrogen and oxygen atoms in total. The van der Waals surface area contributed by atoms with E-state index in [4.69, 9.17) is 4.74 Å². The number of rotatable bonds is 4. The summed E-state index contributed by atoms with van der Waals surface area (Å²) in [7, 11) is 0. The Morgan fingerprint density at radius 3 is 2.50 bits per heavy atom. The third kappa shape index (κ3) is 3.55. The molecule has 0 fully saturated rings. The quantitative estimate of drug-likeness (QED) is 0.406. The zero-order valence-electron chi connectivity index (χ0n) is 16.4. The van der Waals surface area contributed by atoms with Crippen LogP contribution in [-0.2, 0) is 4.79 Å². The number of carbonyl (C=O) groups is 1. The number of amides is 1. The number of carbonyl (C=O) groups excluding carboxylic acids is 1. The van der Waals surface area contributed by atoms with Crippen LogP contribution in [0.15, 0.2) is 102 Å². The monoisotopic (exact) mass is 411 g/mol. The van der Waals surface area contributed by atoms with Crippen molar-refractivity contribution in [2.45, 2.75) is 10.9 Å². The molecule has 1 aliphatic rings. The number of nitrogens with zero attached hydrogens (tertiary/aromatic N) is 1. The van der Waals surface area contributed by atoms with Crippen molar-refractivity contribution in [3.8, 4) is 5.75 Å². The molecule has 0 N–H and O–H groups in total. The summed E-state index contributed by atoms with van der Waals surface area (Å²) in [6.45, 7) is -0.00363. The fourth-order valence-electron chi connectivity index (χ4n) is 3.95. The Balaban J connectivity index is 1.45. The third-order valence-corrected chi connectivity index (χ3v) is 6.53. The van der Waals surface area contributed by atoms with E-state index in [9.17, 15) is 4.79 Å². The Hall–Kier alpha value is -3.24. The van der Waals surface area contributed by atoms with Crippen LogP contribution in [0.3, 0.4) is 0 Å². The molecule has 0 saturated heterocycles. The molecule has 0 aromatic heterocycles. The number of para-hydroxylation sites is 1. The lowest BCUT2D eigenvalue weighted by Crippen LogP contribution is -2.41. The zero-order chi connectivity index (χ0) is 20.3. The Kier molecular flexibility index (Phi) is 5.16. The molecule has 4 aromatic carbocycles. The summed E-state index contributed by atoms with van der Waals surface area (Å²) in [4.78, 5) is 16.5. The molecule has 4 heteroatoms. The van der Waals surface area contributed by atoms with Crippen molar-refractivity contribution in [1.82, 2.24) is 0 Å². The predicted molar refractivity (Wildman–Crippen MR) is 123 cm³/mol. The molecule has 0 spiro atoms. The Morgan fingerprint density at radius 1 is 0.867 bits per heavy atom. The number of hydrogen-bond acceptors (Lipinski definition) is 3. The van der Waals surface area contributed by atoms with Gasteiger partial charge in [0, 0.05) is 16.0 Å². The molecule has 4 aromatic rings. The highest BCUT2D eigenvalue weighted by Gasteiger charge is 2.32. The minimum atomic E-state index is -0.0375. The number of ether oxygens (including phenoxy) is 1. The molecular weight excluding hydrogens is 390 g/mol. The maximum atomic E-state index is 13.4. The molecule has 0 unspecified atom stereocenters. The third-order valence-electron chi connectivity index (χ3n) is 5.39. The summed E-state index contributed by atoms with van der Waals surface area (Å²) in [6, 6.07) is 32.3. The minimum Gasteiger partial charge on any atom is -0.483 e.